The third kappa shape index (κ3) is 4.20. The van der Waals surface area contributed by atoms with Crippen LogP contribution in [-0.2, 0) is 14.3 Å². The van der Waals surface area contributed by atoms with E-state index in [2.05, 4.69) is 4.74 Å². The number of carbonyl (C=O) groups excluding carboxylic acids is 2. The SMILES string of the molecule is COC(=O)C=CC(C(C)=N)C(C)=O. The molecule has 0 radical (unpaired) electrons. The summed E-state index contributed by atoms with van der Waals surface area (Å²) in [6, 6.07) is 0. The molecule has 0 aromatic rings. The Morgan fingerprint density at radius 2 is 1.92 bits per heavy atom. The summed E-state index contributed by atoms with van der Waals surface area (Å²) < 4.78 is 4.35. The van der Waals surface area contributed by atoms with Crippen LogP contribution in [-0.4, -0.2) is 24.6 Å². The topological polar surface area (TPSA) is 67.2 Å². The van der Waals surface area contributed by atoms with Crippen molar-refractivity contribution in [1.29, 1.82) is 5.41 Å². The first-order chi connectivity index (χ1) is 5.99. The number of carbonyl (C=O) groups is 2. The molecule has 0 spiro atoms. The van der Waals surface area contributed by atoms with Crippen LogP contribution in [0.3, 0.4) is 0 Å². The third-order valence-corrected chi connectivity index (χ3v) is 1.53. The molecule has 1 N–H and O–H groups in total. The van der Waals surface area contributed by atoms with Crippen LogP contribution in [0.25, 0.3) is 0 Å². The van der Waals surface area contributed by atoms with Gasteiger partial charge in [-0.15, -0.1) is 0 Å². The molecule has 0 aromatic carbocycles. The average Bonchev–Trinajstić information content (AvgIpc) is 2.03. The summed E-state index contributed by atoms with van der Waals surface area (Å²) in [6.45, 7) is 2.90. The Morgan fingerprint density at radius 3 is 2.23 bits per heavy atom. The summed E-state index contributed by atoms with van der Waals surface area (Å²) in [5.74, 6) is -1.29. The molecular weight excluding hydrogens is 170 g/mol. The number of esters is 1. The zero-order valence-electron chi connectivity index (χ0n) is 7.96. The number of rotatable bonds is 4. The number of nitrogens with one attached hydrogen (secondary N) is 1. The molecule has 0 aliphatic carbocycles. The van der Waals surface area contributed by atoms with Crippen LogP contribution in [0.15, 0.2) is 12.2 Å². The second kappa shape index (κ2) is 5.24. The molecule has 4 nitrogen and oxygen atoms in total. The average molecular weight is 183 g/mol. The first-order valence-electron chi connectivity index (χ1n) is 3.80. The molecule has 1 unspecified atom stereocenters. The van der Waals surface area contributed by atoms with Gasteiger partial charge in [-0.1, -0.05) is 6.08 Å². The van der Waals surface area contributed by atoms with E-state index in [0.717, 1.165) is 6.08 Å². The minimum Gasteiger partial charge on any atom is -0.466 e. The Bertz CT molecular complexity index is 242. The molecule has 4 heteroatoms. The Labute approximate surface area is 77.1 Å². The van der Waals surface area contributed by atoms with Gasteiger partial charge in [-0.25, -0.2) is 4.79 Å². The molecule has 0 bridgehead atoms. The number of ketones is 1. The van der Waals surface area contributed by atoms with Crippen LogP contribution in [0, 0.1) is 11.3 Å². The third-order valence-electron chi connectivity index (χ3n) is 1.53. The van der Waals surface area contributed by atoms with Crippen molar-refractivity contribution in [2.45, 2.75) is 13.8 Å². The molecule has 0 amide bonds. The van der Waals surface area contributed by atoms with Gasteiger partial charge in [0.25, 0.3) is 0 Å². The van der Waals surface area contributed by atoms with Crippen molar-refractivity contribution in [3.05, 3.63) is 12.2 Å². The first kappa shape index (κ1) is 11.6. The second-order valence-electron chi connectivity index (χ2n) is 2.65. The van der Waals surface area contributed by atoms with Crippen molar-refractivity contribution in [3.63, 3.8) is 0 Å². The summed E-state index contributed by atoms with van der Waals surface area (Å²) >= 11 is 0. The second-order valence-corrected chi connectivity index (χ2v) is 2.65. The molecular formula is C9H13NO3. The largest absolute Gasteiger partial charge is 0.466 e. The summed E-state index contributed by atoms with van der Waals surface area (Å²) in [5, 5.41) is 7.26. The minimum absolute atomic E-state index is 0.160. The molecule has 0 fully saturated rings. The number of allylic oxidation sites excluding steroid dienone is 1. The van der Waals surface area contributed by atoms with Gasteiger partial charge in [0.2, 0.25) is 0 Å². The van der Waals surface area contributed by atoms with Gasteiger partial charge in [-0.3, -0.25) is 4.79 Å². The Hall–Kier alpha value is -1.45. The van der Waals surface area contributed by atoms with E-state index in [0.29, 0.717) is 0 Å². The number of ether oxygens (including phenoxy) is 1. The number of hydrogen-bond acceptors (Lipinski definition) is 4. The molecule has 0 saturated heterocycles. The van der Waals surface area contributed by atoms with Crippen molar-refractivity contribution >= 4 is 17.5 Å². The maximum atomic E-state index is 10.9. The highest BCUT2D eigenvalue weighted by Gasteiger charge is 2.12. The number of Topliss-reactive ketones (excluding diaryl/α,β-unsaturated/α-hetero) is 1. The lowest BCUT2D eigenvalue weighted by Gasteiger charge is -2.05. The summed E-state index contributed by atoms with van der Waals surface area (Å²) in [7, 11) is 1.26. The van der Waals surface area contributed by atoms with E-state index in [4.69, 9.17) is 5.41 Å². The van der Waals surface area contributed by atoms with Gasteiger partial charge in [-0.05, 0) is 13.8 Å². The Morgan fingerprint density at radius 1 is 1.38 bits per heavy atom. The highest BCUT2D eigenvalue weighted by molar-refractivity contribution is 6.04. The maximum Gasteiger partial charge on any atom is 0.330 e. The zero-order valence-corrected chi connectivity index (χ0v) is 7.96. The monoisotopic (exact) mass is 183 g/mol. The summed E-state index contributed by atoms with van der Waals surface area (Å²) in [5.41, 5.74) is 0.215. The van der Waals surface area contributed by atoms with E-state index in [1.54, 1.807) is 0 Å². The predicted octanol–water partition coefficient (Wildman–Crippen LogP) is 0.960. The van der Waals surface area contributed by atoms with Crippen molar-refractivity contribution in [2.75, 3.05) is 7.11 Å². The summed E-state index contributed by atoms with van der Waals surface area (Å²) in [6.07, 6.45) is 2.53. The summed E-state index contributed by atoms with van der Waals surface area (Å²) in [4.78, 5) is 21.6. The lowest BCUT2D eigenvalue weighted by atomic mass is 10.00. The fourth-order valence-electron chi connectivity index (χ4n) is 0.828. The molecule has 0 rings (SSSR count). The smallest absolute Gasteiger partial charge is 0.330 e. The maximum absolute atomic E-state index is 10.9. The van der Waals surface area contributed by atoms with Gasteiger partial charge in [0.05, 0.1) is 13.0 Å². The van der Waals surface area contributed by atoms with Crippen LogP contribution in [0.1, 0.15) is 13.8 Å². The van der Waals surface area contributed by atoms with Gasteiger partial charge in [0, 0.05) is 11.8 Å². The standard InChI is InChI=1S/C9H13NO3/c1-6(10)8(7(2)11)4-5-9(12)13-3/h4-5,8,10H,1-3H3. The van der Waals surface area contributed by atoms with Crippen LogP contribution in [0.2, 0.25) is 0 Å². The van der Waals surface area contributed by atoms with Crippen LogP contribution < -0.4 is 0 Å². The van der Waals surface area contributed by atoms with Crippen LogP contribution in [0.5, 0.6) is 0 Å². The van der Waals surface area contributed by atoms with Crippen LogP contribution in [0.4, 0.5) is 0 Å². The van der Waals surface area contributed by atoms with Crippen molar-refractivity contribution in [3.8, 4) is 0 Å². The lowest BCUT2D eigenvalue weighted by Crippen LogP contribution is -2.16. The van der Waals surface area contributed by atoms with Crippen molar-refractivity contribution in [1.82, 2.24) is 0 Å². The molecule has 0 saturated carbocycles. The van der Waals surface area contributed by atoms with E-state index < -0.39 is 11.9 Å². The highest BCUT2D eigenvalue weighted by atomic mass is 16.5. The fourth-order valence-corrected chi connectivity index (χ4v) is 0.828. The lowest BCUT2D eigenvalue weighted by molar-refractivity contribution is -0.134. The van der Waals surface area contributed by atoms with E-state index >= 15 is 0 Å². The molecule has 0 aliphatic heterocycles. The van der Waals surface area contributed by atoms with E-state index in [1.165, 1.54) is 27.0 Å². The van der Waals surface area contributed by atoms with E-state index in [1.807, 2.05) is 0 Å². The quantitative estimate of drug-likeness (QED) is 0.401. The number of methoxy groups -OCH3 is 1. The van der Waals surface area contributed by atoms with Crippen molar-refractivity contribution < 1.29 is 14.3 Å². The molecule has 1 atom stereocenters. The minimum atomic E-state index is -0.612. The van der Waals surface area contributed by atoms with Gasteiger partial charge in [-0.2, -0.15) is 0 Å². The molecule has 0 heterocycles. The zero-order chi connectivity index (χ0) is 10.4. The first-order valence-corrected chi connectivity index (χ1v) is 3.80. The fraction of sp³-hybridized carbons (Fsp3) is 0.444. The predicted molar refractivity (Wildman–Crippen MR) is 48.7 cm³/mol. The molecule has 13 heavy (non-hydrogen) atoms. The number of hydrogen-bond donors (Lipinski definition) is 1. The van der Waals surface area contributed by atoms with Gasteiger partial charge >= 0.3 is 5.97 Å². The van der Waals surface area contributed by atoms with Crippen molar-refractivity contribution in [2.24, 2.45) is 5.92 Å². The Kier molecular flexibility index (Phi) is 4.66. The normalized spacial score (nSPS) is 12.5. The highest BCUT2D eigenvalue weighted by Crippen LogP contribution is 2.02. The molecule has 72 valence electrons. The van der Waals surface area contributed by atoms with E-state index in [-0.39, 0.29) is 11.5 Å². The van der Waals surface area contributed by atoms with Gasteiger partial charge < -0.3 is 10.1 Å². The van der Waals surface area contributed by atoms with E-state index in [9.17, 15) is 9.59 Å². The Balaban J connectivity index is 4.43. The molecule has 0 aliphatic rings. The molecule has 0 aromatic heterocycles. The van der Waals surface area contributed by atoms with Crippen LogP contribution >= 0.6 is 0 Å². The van der Waals surface area contributed by atoms with Gasteiger partial charge in [0.1, 0.15) is 5.78 Å². The van der Waals surface area contributed by atoms with Gasteiger partial charge in [0.15, 0.2) is 0 Å².